The van der Waals surface area contributed by atoms with Gasteiger partial charge in [0.15, 0.2) is 0 Å². The van der Waals surface area contributed by atoms with Gasteiger partial charge in [-0.05, 0) is 26.0 Å². The third-order valence-corrected chi connectivity index (χ3v) is 2.88. The lowest BCUT2D eigenvalue weighted by atomic mass is 10.1. The number of benzene rings is 1. The number of amides is 1. The van der Waals surface area contributed by atoms with Gasteiger partial charge in [-0.15, -0.1) is 12.4 Å². The van der Waals surface area contributed by atoms with E-state index in [4.69, 9.17) is 10.5 Å². The van der Waals surface area contributed by atoms with E-state index in [2.05, 4.69) is 15.6 Å². The van der Waals surface area contributed by atoms with Crippen molar-refractivity contribution in [1.82, 2.24) is 5.32 Å². The highest BCUT2D eigenvalue weighted by Gasteiger charge is 2.24. The van der Waals surface area contributed by atoms with Crippen molar-refractivity contribution >= 4 is 30.0 Å². The van der Waals surface area contributed by atoms with Gasteiger partial charge in [0.1, 0.15) is 12.0 Å². The number of hydrogen-bond donors (Lipinski definition) is 3. The zero-order valence-corrected chi connectivity index (χ0v) is 12.2. The Balaban J connectivity index is 0.00000200. The Morgan fingerprint density at radius 2 is 2.25 bits per heavy atom. The molecule has 0 bridgehead atoms. The van der Waals surface area contributed by atoms with Gasteiger partial charge in [-0.25, -0.2) is 9.79 Å². The van der Waals surface area contributed by atoms with Crippen LogP contribution in [0.25, 0.3) is 0 Å². The van der Waals surface area contributed by atoms with E-state index >= 15 is 0 Å². The van der Waals surface area contributed by atoms with Gasteiger partial charge in [-0.2, -0.15) is 0 Å². The first-order chi connectivity index (χ1) is 9.11. The van der Waals surface area contributed by atoms with Crippen LogP contribution in [0.3, 0.4) is 0 Å². The molecule has 0 aromatic heterocycles. The van der Waals surface area contributed by atoms with Crippen molar-refractivity contribution in [3.63, 3.8) is 0 Å². The van der Waals surface area contributed by atoms with Crippen LogP contribution in [0.2, 0.25) is 0 Å². The van der Waals surface area contributed by atoms with Gasteiger partial charge in [-0.3, -0.25) is 0 Å². The lowest BCUT2D eigenvalue weighted by molar-refractivity contribution is 0.148. The average molecular weight is 299 g/mol. The average Bonchev–Trinajstić information content (AvgIpc) is 2.39. The Morgan fingerprint density at radius 1 is 1.55 bits per heavy atom. The number of carbonyl (C=O) groups excluding carboxylic acids is 1. The van der Waals surface area contributed by atoms with Gasteiger partial charge >= 0.3 is 6.09 Å². The van der Waals surface area contributed by atoms with Crippen molar-refractivity contribution in [2.75, 3.05) is 11.9 Å². The normalized spacial score (nSPS) is 17.7. The Hall–Kier alpha value is -1.95. The lowest BCUT2D eigenvalue weighted by Crippen LogP contribution is -2.46. The second-order valence-corrected chi connectivity index (χ2v) is 4.30. The summed E-state index contributed by atoms with van der Waals surface area (Å²) >= 11 is 0. The van der Waals surface area contributed by atoms with Crippen LogP contribution in [0.15, 0.2) is 29.3 Å². The Kier molecular flexibility index (Phi) is 5.64. The molecule has 0 saturated heterocycles. The number of nitrogens with two attached hydrogens (primary N) is 1. The summed E-state index contributed by atoms with van der Waals surface area (Å²) in [6.45, 7) is 3.94. The highest BCUT2D eigenvalue weighted by molar-refractivity contribution is 6.03. The van der Waals surface area contributed by atoms with Crippen molar-refractivity contribution in [1.29, 1.82) is 0 Å². The third kappa shape index (κ3) is 3.54. The summed E-state index contributed by atoms with van der Waals surface area (Å²) in [5.74, 6) is 0.469. The van der Waals surface area contributed by atoms with Gasteiger partial charge in [0, 0.05) is 11.3 Å². The minimum atomic E-state index is -0.454. The van der Waals surface area contributed by atoms with E-state index in [1.54, 1.807) is 6.92 Å². The maximum Gasteiger partial charge on any atom is 0.407 e. The van der Waals surface area contributed by atoms with Gasteiger partial charge < -0.3 is 21.1 Å². The summed E-state index contributed by atoms with van der Waals surface area (Å²) < 4.78 is 4.84. The molecule has 0 radical (unpaired) electrons. The molecule has 0 saturated carbocycles. The van der Waals surface area contributed by atoms with E-state index in [-0.39, 0.29) is 24.6 Å². The molecular formula is C13H19ClN4O2. The summed E-state index contributed by atoms with van der Waals surface area (Å²) in [7, 11) is 0. The van der Waals surface area contributed by atoms with Crippen molar-refractivity contribution in [3.05, 3.63) is 29.8 Å². The van der Waals surface area contributed by atoms with Gasteiger partial charge in [0.05, 0.1) is 12.6 Å². The van der Waals surface area contributed by atoms with Crippen molar-refractivity contribution in [2.24, 2.45) is 10.7 Å². The molecular weight excluding hydrogens is 280 g/mol. The second kappa shape index (κ2) is 7.00. The molecule has 2 atom stereocenters. The van der Waals surface area contributed by atoms with Crippen molar-refractivity contribution in [3.8, 4) is 0 Å². The second-order valence-electron chi connectivity index (χ2n) is 4.30. The molecule has 2 rings (SSSR count). The van der Waals surface area contributed by atoms with Crippen LogP contribution in [-0.4, -0.2) is 30.7 Å². The predicted molar refractivity (Wildman–Crippen MR) is 81.4 cm³/mol. The van der Waals surface area contributed by atoms with Crippen LogP contribution in [-0.2, 0) is 4.74 Å². The smallest absolute Gasteiger partial charge is 0.407 e. The van der Waals surface area contributed by atoms with Crippen LogP contribution in [0.5, 0.6) is 0 Å². The van der Waals surface area contributed by atoms with Crippen LogP contribution >= 0.6 is 12.4 Å². The first kappa shape index (κ1) is 16.1. The lowest BCUT2D eigenvalue weighted by Gasteiger charge is -2.28. The van der Waals surface area contributed by atoms with Gasteiger partial charge in [0.25, 0.3) is 0 Å². The number of anilines is 1. The number of para-hydroxylation sites is 1. The molecule has 4 N–H and O–H groups in total. The van der Waals surface area contributed by atoms with Crippen LogP contribution < -0.4 is 16.4 Å². The number of amidine groups is 1. The zero-order valence-electron chi connectivity index (χ0n) is 11.4. The molecule has 1 aromatic carbocycles. The highest BCUT2D eigenvalue weighted by Crippen LogP contribution is 2.21. The number of halogens is 1. The molecule has 110 valence electrons. The molecule has 1 aliphatic heterocycles. The molecule has 0 fully saturated rings. The minimum Gasteiger partial charge on any atom is -0.450 e. The van der Waals surface area contributed by atoms with E-state index in [0.29, 0.717) is 12.4 Å². The van der Waals surface area contributed by atoms with Gasteiger partial charge in [-0.1, -0.05) is 12.1 Å². The first-order valence-corrected chi connectivity index (χ1v) is 6.24. The van der Waals surface area contributed by atoms with Crippen molar-refractivity contribution < 1.29 is 9.53 Å². The Labute approximate surface area is 124 Å². The van der Waals surface area contributed by atoms with Crippen molar-refractivity contribution in [2.45, 2.75) is 26.1 Å². The molecule has 6 nitrogen and oxygen atoms in total. The van der Waals surface area contributed by atoms with E-state index in [9.17, 15) is 4.79 Å². The quantitative estimate of drug-likeness (QED) is 0.792. The van der Waals surface area contributed by atoms with Crippen LogP contribution in [0.4, 0.5) is 10.5 Å². The molecule has 1 aliphatic rings. The third-order valence-electron chi connectivity index (χ3n) is 2.88. The van der Waals surface area contributed by atoms with E-state index in [1.165, 1.54) is 0 Å². The fourth-order valence-corrected chi connectivity index (χ4v) is 1.92. The highest BCUT2D eigenvalue weighted by atomic mass is 35.5. The number of fused-ring (bicyclic) bond motifs is 1. The van der Waals surface area contributed by atoms with Crippen LogP contribution in [0.1, 0.15) is 19.4 Å². The number of nitrogens with one attached hydrogen (secondary N) is 2. The van der Waals surface area contributed by atoms with E-state index < -0.39 is 6.09 Å². The summed E-state index contributed by atoms with van der Waals surface area (Å²) in [5.41, 5.74) is 7.72. The number of alkyl carbamates (subject to hydrolysis) is 1. The number of ether oxygens (including phenoxy) is 1. The standard InChI is InChI=1S/C13H18N4O2.ClH/c1-3-19-13(18)15-8(2)12-16-10-7-5-4-6-9(10)11(14)17-12;/h4-8,12,16H,3H2,1-2H3,(H2,14,17)(H,15,18);1H. The molecule has 1 heterocycles. The number of rotatable bonds is 3. The van der Waals surface area contributed by atoms with Gasteiger partial charge in [0.2, 0.25) is 0 Å². The number of hydrogen-bond acceptors (Lipinski definition) is 5. The van der Waals surface area contributed by atoms with E-state index in [0.717, 1.165) is 11.3 Å². The fraction of sp³-hybridized carbons (Fsp3) is 0.385. The number of nitrogens with zero attached hydrogens (tertiary/aromatic N) is 1. The Bertz CT molecular complexity index is 507. The monoisotopic (exact) mass is 298 g/mol. The molecule has 1 amide bonds. The predicted octanol–water partition coefficient (Wildman–Crippen LogP) is 1.70. The zero-order chi connectivity index (χ0) is 13.8. The topological polar surface area (TPSA) is 88.7 Å². The maximum atomic E-state index is 11.4. The Morgan fingerprint density at radius 3 is 2.95 bits per heavy atom. The summed E-state index contributed by atoms with van der Waals surface area (Å²) in [4.78, 5) is 15.7. The summed E-state index contributed by atoms with van der Waals surface area (Å²) in [6.07, 6.45) is -0.760. The summed E-state index contributed by atoms with van der Waals surface area (Å²) in [5, 5.41) is 5.95. The SMILES string of the molecule is CCOC(=O)NC(C)C1N=C(N)c2ccccc2N1.Cl. The maximum absolute atomic E-state index is 11.4. The molecule has 0 spiro atoms. The number of aliphatic imine (C=N–C) groups is 1. The molecule has 1 aromatic rings. The largest absolute Gasteiger partial charge is 0.450 e. The summed E-state index contributed by atoms with van der Waals surface area (Å²) in [6, 6.07) is 7.43. The molecule has 2 unspecified atom stereocenters. The number of carbonyl (C=O) groups is 1. The minimum absolute atomic E-state index is 0. The molecule has 7 heteroatoms. The fourth-order valence-electron chi connectivity index (χ4n) is 1.92. The van der Waals surface area contributed by atoms with E-state index in [1.807, 2.05) is 31.2 Å². The first-order valence-electron chi connectivity index (χ1n) is 6.24. The van der Waals surface area contributed by atoms with Crippen LogP contribution in [0, 0.1) is 0 Å². The molecule has 0 aliphatic carbocycles. The molecule has 20 heavy (non-hydrogen) atoms.